The van der Waals surface area contributed by atoms with Gasteiger partial charge in [0.25, 0.3) is 0 Å². The Morgan fingerprint density at radius 1 is 1.19 bits per heavy atom. The van der Waals surface area contributed by atoms with Crippen molar-refractivity contribution in [2.75, 3.05) is 11.5 Å². The second-order valence-electron chi connectivity index (χ2n) is 4.74. The number of thioether (sulfide) groups is 1. The van der Waals surface area contributed by atoms with Gasteiger partial charge >= 0.3 is 0 Å². The molecule has 0 heterocycles. The van der Waals surface area contributed by atoms with Crippen LogP contribution in [0.4, 0.5) is 0 Å². The average molecular weight is 238 g/mol. The number of rotatable bonds is 5. The van der Waals surface area contributed by atoms with E-state index in [9.17, 15) is 5.11 Å². The minimum absolute atomic E-state index is 0.330. The van der Waals surface area contributed by atoms with Crippen LogP contribution < -0.4 is 0 Å². The molecule has 0 spiro atoms. The first-order valence-corrected chi connectivity index (χ1v) is 6.99. The van der Waals surface area contributed by atoms with E-state index in [1.165, 1.54) is 11.1 Å². The van der Waals surface area contributed by atoms with Gasteiger partial charge in [0.2, 0.25) is 0 Å². The lowest BCUT2D eigenvalue weighted by molar-refractivity contribution is 0.203. The third-order valence-corrected chi connectivity index (χ3v) is 4.19. The quantitative estimate of drug-likeness (QED) is 0.843. The highest BCUT2D eigenvalue weighted by molar-refractivity contribution is 7.99. The van der Waals surface area contributed by atoms with Crippen molar-refractivity contribution >= 4 is 11.8 Å². The maximum Gasteiger partial charge on any atom is 0.0883 e. The van der Waals surface area contributed by atoms with E-state index < -0.39 is 0 Å². The number of hydrogen-bond acceptors (Lipinski definition) is 2. The molecule has 0 fully saturated rings. The lowest BCUT2D eigenvalue weighted by Gasteiger charge is -2.15. The lowest BCUT2D eigenvalue weighted by Crippen LogP contribution is -2.05. The SMILES string of the molecule is Cc1cccc(C(O)CSCC(C)C)c1C. The van der Waals surface area contributed by atoms with E-state index in [1.54, 1.807) is 0 Å². The second kappa shape index (κ2) is 6.31. The summed E-state index contributed by atoms with van der Waals surface area (Å²) in [4.78, 5) is 0. The van der Waals surface area contributed by atoms with Gasteiger partial charge in [0.05, 0.1) is 6.10 Å². The first kappa shape index (κ1) is 13.6. The summed E-state index contributed by atoms with van der Waals surface area (Å²) < 4.78 is 0. The van der Waals surface area contributed by atoms with Gasteiger partial charge < -0.3 is 5.11 Å². The second-order valence-corrected chi connectivity index (χ2v) is 5.81. The van der Waals surface area contributed by atoms with Crippen molar-refractivity contribution < 1.29 is 5.11 Å². The number of hydrogen-bond donors (Lipinski definition) is 1. The summed E-state index contributed by atoms with van der Waals surface area (Å²) >= 11 is 1.83. The summed E-state index contributed by atoms with van der Waals surface area (Å²) in [5, 5.41) is 10.1. The molecule has 90 valence electrons. The van der Waals surface area contributed by atoms with Crippen molar-refractivity contribution in [1.82, 2.24) is 0 Å². The van der Waals surface area contributed by atoms with Crippen LogP contribution in [0.1, 0.15) is 36.6 Å². The monoisotopic (exact) mass is 238 g/mol. The lowest BCUT2D eigenvalue weighted by atomic mass is 10.0. The van der Waals surface area contributed by atoms with Gasteiger partial charge in [-0.1, -0.05) is 32.0 Å². The van der Waals surface area contributed by atoms with Crippen LogP contribution in [0.25, 0.3) is 0 Å². The molecule has 1 nitrogen and oxygen atoms in total. The minimum atomic E-state index is -0.330. The average Bonchev–Trinajstić information content (AvgIpc) is 2.21. The molecule has 1 aromatic rings. The van der Waals surface area contributed by atoms with Crippen molar-refractivity contribution in [2.24, 2.45) is 5.92 Å². The summed E-state index contributed by atoms with van der Waals surface area (Å²) in [5.74, 6) is 2.60. The topological polar surface area (TPSA) is 20.2 Å². The smallest absolute Gasteiger partial charge is 0.0883 e. The Morgan fingerprint density at radius 3 is 2.50 bits per heavy atom. The first-order valence-electron chi connectivity index (χ1n) is 5.84. The van der Waals surface area contributed by atoms with Gasteiger partial charge in [0, 0.05) is 5.75 Å². The molecule has 0 bridgehead atoms. The number of aliphatic hydroxyl groups excluding tert-OH is 1. The fraction of sp³-hybridized carbons (Fsp3) is 0.571. The van der Waals surface area contributed by atoms with Gasteiger partial charge in [-0.3, -0.25) is 0 Å². The molecule has 0 aliphatic carbocycles. The Balaban J connectivity index is 2.59. The molecule has 0 saturated heterocycles. The number of aliphatic hydroxyl groups is 1. The molecule has 1 unspecified atom stereocenters. The van der Waals surface area contributed by atoms with Crippen molar-refractivity contribution in [3.63, 3.8) is 0 Å². The van der Waals surface area contributed by atoms with Crippen molar-refractivity contribution in [1.29, 1.82) is 0 Å². The van der Waals surface area contributed by atoms with Crippen LogP contribution in [0, 0.1) is 19.8 Å². The van der Waals surface area contributed by atoms with E-state index in [0.29, 0.717) is 5.92 Å². The molecule has 1 atom stereocenters. The molecule has 0 aliphatic rings. The van der Waals surface area contributed by atoms with Gasteiger partial charge in [-0.25, -0.2) is 0 Å². The third kappa shape index (κ3) is 3.84. The van der Waals surface area contributed by atoms with E-state index in [-0.39, 0.29) is 6.10 Å². The maximum absolute atomic E-state index is 10.1. The third-order valence-electron chi connectivity index (χ3n) is 2.73. The largest absolute Gasteiger partial charge is 0.388 e. The van der Waals surface area contributed by atoms with Crippen LogP contribution in [-0.4, -0.2) is 16.6 Å². The fourth-order valence-electron chi connectivity index (χ4n) is 1.64. The molecule has 1 aromatic carbocycles. The molecule has 0 aromatic heterocycles. The molecule has 1 rings (SSSR count). The molecule has 0 radical (unpaired) electrons. The molecule has 0 aliphatic heterocycles. The Bertz CT molecular complexity index is 334. The highest BCUT2D eigenvalue weighted by atomic mass is 32.2. The van der Waals surface area contributed by atoms with Crippen LogP contribution >= 0.6 is 11.8 Å². The van der Waals surface area contributed by atoms with Crippen molar-refractivity contribution in [3.8, 4) is 0 Å². The Morgan fingerprint density at radius 2 is 1.88 bits per heavy atom. The Labute approximate surface area is 103 Å². The van der Waals surface area contributed by atoms with E-state index in [4.69, 9.17) is 0 Å². The van der Waals surface area contributed by atoms with Crippen molar-refractivity contribution in [3.05, 3.63) is 34.9 Å². The van der Waals surface area contributed by atoms with Gasteiger partial charge in [0.1, 0.15) is 0 Å². The van der Waals surface area contributed by atoms with E-state index in [0.717, 1.165) is 17.1 Å². The van der Waals surface area contributed by atoms with Crippen LogP contribution in [0.5, 0.6) is 0 Å². The van der Waals surface area contributed by atoms with E-state index in [2.05, 4.69) is 33.8 Å². The summed E-state index contributed by atoms with van der Waals surface area (Å²) in [6.45, 7) is 8.59. The fourth-order valence-corrected chi connectivity index (χ4v) is 2.65. The van der Waals surface area contributed by atoms with Gasteiger partial charge in [-0.15, -0.1) is 0 Å². The summed E-state index contributed by atoms with van der Waals surface area (Å²) in [7, 11) is 0. The number of aryl methyl sites for hydroxylation is 1. The van der Waals surface area contributed by atoms with Crippen molar-refractivity contribution in [2.45, 2.75) is 33.8 Å². The zero-order valence-corrected chi connectivity index (χ0v) is 11.5. The standard InChI is InChI=1S/C14H22OS/c1-10(2)8-16-9-14(15)13-7-5-6-11(3)12(13)4/h5-7,10,14-15H,8-9H2,1-4H3. The normalized spacial score (nSPS) is 13.1. The minimum Gasteiger partial charge on any atom is -0.388 e. The van der Waals surface area contributed by atoms with Gasteiger partial charge in [0.15, 0.2) is 0 Å². The maximum atomic E-state index is 10.1. The predicted octanol–water partition coefficient (Wildman–Crippen LogP) is 3.73. The Kier molecular flexibility index (Phi) is 5.36. The summed E-state index contributed by atoms with van der Waals surface area (Å²) in [6, 6.07) is 6.14. The van der Waals surface area contributed by atoms with Crippen LogP contribution in [-0.2, 0) is 0 Å². The molecule has 2 heteroatoms. The van der Waals surface area contributed by atoms with Crippen LogP contribution in [0.15, 0.2) is 18.2 Å². The summed E-state index contributed by atoms with van der Waals surface area (Å²) in [6.07, 6.45) is -0.330. The van der Waals surface area contributed by atoms with Gasteiger partial charge in [-0.2, -0.15) is 11.8 Å². The molecule has 16 heavy (non-hydrogen) atoms. The highest BCUT2D eigenvalue weighted by Gasteiger charge is 2.11. The zero-order chi connectivity index (χ0) is 12.1. The van der Waals surface area contributed by atoms with Crippen LogP contribution in [0.2, 0.25) is 0 Å². The molecular weight excluding hydrogens is 216 g/mol. The van der Waals surface area contributed by atoms with E-state index in [1.807, 2.05) is 23.9 Å². The molecule has 0 amide bonds. The zero-order valence-electron chi connectivity index (χ0n) is 10.7. The Hall–Kier alpha value is -0.470. The summed E-state index contributed by atoms with van der Waals surface area (Å²) in [5.41, 5.74) is 3.56. The number of benzene rings is 1. The molecule has 1 N–H and O–H groups in total. The highest BCUT2D eigenvalue weighted by Crippen LogP contribution is 2.24. The van der Waals surface area contributed by atoms with Gasteiger partial charge in [-0.05, 0) is 42.2 Å². The molecule has 0 saturated carbocycles. The molecular formula is C14H22OS. The predicted molar refractivity (Wildman–Crippen MR) is 73.0 cm³/mol. The van der Waals surface area contributed by atoms with Crippen LogP contribution in [0.3, 0.4) is 0 Å². The van der Waals surface area contributed by atoms with E-state index >= 15 is 0 Å². The first-order chi connectivity index (χ1) is 7.52.